The molecule has 4 unspecified atom stereocenters. The van der Waals surface area contributed by atoms with Gasteiger partial charge in [-0.1, -0.05) is 19.3 Å². The van der Waals surface area contributed by atoms with Crippen LogP contribution in [-0.2, 0) is 4.74 Å². The first-order valence-electron chi connectivity index (χ1n) is 6.52. The van der Waals surface area contributed by atoms with Gasteiger partial charge in [-0.05, 0) is 43.9 Å². The van der Waals surface area contributed by atoms with Crippen molar-refractivity contribution in [2.24, 2.45) is 11.8 Å². The highest BCUT2D eigenvalue weighted by Gasteiger charge is 2.33. The van der Waals surface area contributed by atoms with E-state index in [1.807, 2.05) is 7.11 Å². The highest BCUT2D eigenvalue weighted by molar-refractivity contribution is 4.84. The van der Waals surface area contributed by atoms with E-state index in [4.69, 9.17) is 4.74 Å². The van der Waals surface area contributed by atoms with Crippen LogP contribution in [0, 0.1) is 11.8 Å². The van der Waals surface area contributed by atoms with Gasteiger partial charge in [0, 0.05) is 7.11 Å². The lowest BCUT2D eigenvalue weighted by Crippen LogP contribution is -2.35. The zero-order chi connectivity index (χ0) is 10.7. The average Bonchev–Trinajstić information content (AvgIpc) is 2.30. The molecule has 0 aromatic heterocycles. The van der Waals surface area contributed by atoms with Crippen molar-refractivity contribution in [1.29, 1.82) is 0 Å². The summed E-state index contributed by atoms with van der Waals surface area (Å²) >= 11 is 0. The van der Waals surface area contributed by atoms with Crippen molar-refractivity contribution >= 4 is 0 Å². The summed E-state index contributed by atoms with van der Waals surface area (Å²) in [4.78, 5) is 0. The summed E-state index contributed by atoms with van der Waals surface area (Å²) in [6.45, 7) is 0. The van der Waals surface area contributed by atoms with Crippen LogP contribution in [0.3, 0.4) is 0 Å². The molecule has 2 aliphatic rings. The summed E-state index contributed by atoms with van der Waals surface area (Å²) < 4.78 is 5.47. The molecule has 0 aromatic carbocycles. The minimum atomic E-state index is -0.0284. The van der Waals surface area contributed by atoms with Crippen LogP contribution in [0.5, 0.6) is 0 Å². The molecule has 0 saturated heterocycles. The van der Waals surface area contributed by atoms with Gasteiger partial charge >= 0.3 is 0 Å². The second-order valence-corrected chi connectivity index (χ2v) is 5.30. The van der Waals surface area contributed by atoms with Crippen molar-refractivity contribution in [3.8, 4) is 0 Å². The van der Waals surface area contributed by atoms with E-state index < -0.39 is 0 Å². The summed E-state index contributed by atoms with van der Waals surface area (Å²) in [5, 5.41) is 10.0. The third kappa shape index (κ3) is 2.73. The molecule has 0 bridgehead atoms. The number of aliphatic hydroxyl groups is 1. The molecule has 2 rings (SSSR count). The number of rotatable bonds is 2. The second kappa shape index (κ2) is 5.31. The normalized spacial score (nSPS) is 42.8. The molecule has 0 amide bonds. The third-order valence-electron chi connectivity index (χ3n) is 4.39. The fourth-order valence-electron chi connectivity index (χ4n) is 3.47. The van der Waals surface area contributed by atoms with Crippen LogP contribution >= 0.6 is 0 Å². The Bertz CT molecular complexity index is 193. The van der Waals surface area contributed by atoms with E-state index in [9.17, 15) is 5.11 Å². The molecule has 0 spiro atoms. The molecule has 2 nitrogen and oxygen atoms in total. The smallest absolute Gasteiger partial charge is 0.0574 e. The highest BCUT2D eigenvalue weighted by Crippen LogP contribution is 2.38. The van der Waals surface area contributed by atoms with Crippen molar-refractivity contribution in [2.75, 3.05) is 7.11 Å². The third-order valence-corrected chi connectivity index (χ3v) is 4.39. The molecule has 0 aromatic rings. The van der Waals surface area contributed by atoms with Gasteiger partial charge in [0.05, 0.1) is 12.2 Å². The van der Waals surface area contributed by atoms with Gasteiger partial charge in [-0.2, -0.15) is 0 Å². The summed E-state index contributed by atoms with van der Waals surface area (Å²) in [6, 6.07) is 0. The number of ether oxygens (including phenoxy) is 1. The van der Waals surface area contributed by atoms with Gasteiger partial charge in [-0.15, -0.1) is 0 Å². The van der Waals surface area contributed by atoms with Crippen molar-refractivity contribution in [3.63, 3.8) is 0 Å². The van der Waals surface area contributed by atoms with Crippen LogP contribution in [0.2, 0.25) is 0 Å². The molecule has 4 atom stereocenters. The molecule has 2 fully saturated rings. The number of hydrogen-bond donors (Lipinski definition) is 1. The van der Waals surface area contributed by atoms with Crippen molar-refractivity contribution in [2.45, 2.75) is 63.6 Å². The molecule has 0 heterocycles. The van der Waals surface area contributed by atoms with Crippen molar-refractivity contribution in [1.82, 2.24) is 0 Å². The first kappa shape index (κ1) is 11.4. The van der Waals surface area contributed by atoms with Gasteiger partial charge in [0.25, 0.3) is 0 Å². The van der Waals surface area contributed by atoms with E-state index in [0.29, 0.717) is 12.0 Å². The first-order valence-corrected chi connectivity index (χ1v) is 6.52. The molecular formula is C13H24O2. The minimum absolute atomic E-state index is 0.0284. The number of hydrogen-bond acceptors (Lipinski definition) is 2. The largest absolute Gasteiger partial charge is 0.393 e. The van der Waals surface area contributed by atoms with Gasteiger partial charge in [0.15, 0.2) is 0 Å². The van der Waals surface area contributed by atoms with Crippen LogP contribution in [0.4, 0.5) is 0 Å². The molecule has 0 radical (unpaired) electrons. The SMILES string of the molecule is COC1CCCC(C2CCCCC2O)C1. The number of methoxy groups -OCH3 is 1. The van der Waals surface area contributed by atoms with E-state index in [1.54, 1.807) is 0 Å². The van der Waals surface area contributed by atoms with E-state index in [1.165, 1.54) is 44.9 Å². The van der Waals surface area contributed by atoms with E-state index in [-0.39, 0.29) is 6.10 Å². The Balaban J connectivity index is 1.90. The Hall–Kier alpha value is -0.0800. The topological polar surface area (TPSA) is 29.5 Å². The zero-order valence-electron chi connectivity index (χ0n) is 9.82. The summed E-state index contributed by atoms with van der Waals surface area (Å²) in [7, 11) is 1.82. The monoisotopic (exact) mass is 212 g/mol. The van der Waals surface area contributed by atoms with E-state index in [2.05, 4.69) is 0 Å². The highest BCUT2D eigenvalue weighted by atomic mass is 16.5. The van der Waals surface area contributed by atoms with Crippen LogP contribution in [0.25, 0.3) is 0 Å². The van der Waals surface area contributed by atoms with Crippen molar-refractivity contribution in [3.05, 3.63) is 0 Å². The van der Waals surface area contributed by atoms with Gasteiger partial charge in [0.2, 0.25) is 0 Å². The molecule has 0 aliphatic heterocycles. The summed E-state index contributed by atoms with van der Waals surface area (Å²) in [6.07, 6.45) is 10.2. The molecule has 1 N–H and O–H groups in total. The first-order chi connectivity index (χ1) is 7.31. The maximum Gasteiger partial charge on any atom is 0.0574 e. The average molecular weight is 212 g/mol. The Morgan fingerprint density at radius 2 is 1.80 bits per heavy atom. The van der Waals surface area contributed by atoms with Crippen LogP contribution in [0.15, 0.2) is 0 Å². The molecule has 2 aliphatic carbocycles. The van der Waals surface area contributed by atoms with Gasteiger partial charge in [-0.3, -0.25) is 0 Å². The van der Waals surface area contributed by atoms with E-state index >= 15 is 0 Å². The molecule has 2 saturated carbocycles. The quantitative estimate of drug-likeness (QED) is 0.762. The molecular weight excluding hydrogens is 188 g/mol. The lowest BCUT2D eigenvalue weighted by molar-refractivity contribution is -0.0126. The maximum absolute atomic E-state index is 10.0. The molecule has 15 heavy (non-hydrogen) atoms. The maximum atomic E-state index is 10.0. The summed E-state index contributed by atoms with van der Waals surface area (Å²) in [5.41, 5.74) is 0. The number of aliphatic hydroxyl groups excluding tert-OH is 1. The van der Waals surface area contributed by atoms with Crippen LogP contribution in [-0.4, -0.2) is 24.4 Å². The Morgan fingerprint density at radius 3 is 2.53 bits per heavy atom. The molecule has 88 valence electrons. The summed E-state index contributed by atoms with van der Waals surface area (Å²) in [5.74, 6) is 1.29. The fraction of sp³-hybridized carbons (Fsp3) is 1.00. The molecule has 2 heteroatoms. The minimum Gasteiger partial charge on any atom is -0.393 e. The predicted molar refractivity (Wildman–Crippen MR) is 60.7 cm³/mol. The fourth-order valence-corrected chi connectivity index (χ4v) is 3.47. The Labute approximate surface area is 93.0 Å². The van der Waals surface area contributed by atoms with Crippen molar-refractivity contribution < 1.29 is 9.84 Å². The Kier molecular flexibility index (Phi) is 4.04. The predicted octanol–water partition coefficient (Wildman–Crippen LogP) is 2.74. The van der Waals surface area contributed by atoms with E-state index in [0.717, 1.165) is 12.3 Å². The zero-order valence-corrected chi connectivity index (χ0v) is 9.82. The van der Waals surface area contributed by atoms with Gasteiger partial charge in [-0.25, -0.2) is 0 Å². The van der Waals surface area contributed by atoms with Gasteiger partial charge < -0.3 is 9.84 Å². The lowest BCUT2D eigenvalue weighted by atomic mass is 9.71. The van der Waals surface area contributed by atoms with Crippen LogP contribution < -0.4 is 0 Å². The van der Waals surface area contributed by atoms with Crippen LogP contribution in [0.1, 0.15) is 51.4 Å². The standard InChI is InChI=1S/C13H24O2/c1-15-11-6-4-5-10(9-11)12-7-2-3-8-13(12)14/h10-14H,2-9H2,1H3. The second-order valence-electron chi connectivity index (χ2n) is 5.30. The lowest BCUT2D eigenvalue weighted by Gasteiger charge is -2.38. The Morgan fingerprint density at radius 1 is 1.00 bits per heavy atom. The van der Waals surface area contributed by atoms with Gasteiger partial charge in [0.1, 0.15) is 0 Å².